The van der Waals surface area contributed by atoms with Gasteiger partial charge in [0, 0.05) is 18.0 Å². The average Bonchev–Trinajstić information content (AvgIpc) is 2.73. The maximum atomic E-state index is 12.9. The first-order chi connectivity index (χ1) is 14.9. The van der Waals surface area contributed by atoms with Crippen molar-refractivity contribution in [1.82, 2.24) is 10.6 Å². The maximum Gasteiger partial charge on any atom is 0.329 e. The SMILES string of the molecule is CCCOC(=O)C(Cc1cccc(C(=N)N)c1)NC(=O)NC1C2CC3CC(C2)CC1C3. The topological polar surface area (TPSA) is 117 Å². The van der Waals surface area contributed by atoms with Gasteiger partial charge in [0.25, 0.3) is 0 Å². The number of benzene rings is 1. The minimum atomic E-state index is -0.786. The first-order valence-electron chi connectivity index (χ1n) is 11.6. The van der Waals surface area contributed by atoms with Crippen LogP contribution in [0.25, 0.3) is 0 Å². The summed E-state index contributed by atoms with van der Waals surface area (Å²) in [5, 5.41) is 13.7. The number of nitrogen functional groups attached to an aromatic ring is 1. The summed E-state index contributed by atoms with van der Waals surface area (Å²) in [5.41, 5.74) is 7.01. The zero-order valence-electron chi connectivity index (χ0n) is 18.2. The number of urea groups is 1. The van der Waals surface area contributed by atoms with E-state index in [9.17, 15) is 9.59 Å². The monoisotopic (exact) mass is 426 g/mol. The van der Waals surface area contributed by atoms with E-state index in [2.05, 4.69) is 10.6 Å². The van der Waals surface area contributed by atoms with Crippen LogP contribution in [0.5, 0.6) is 0 Å². The first kappa shape index (κ1) is 21.7. The Labute approximate surface area is 184 Å². The van der Waals surface area contributed by atoms with Gasteiger partial charge in [-0.2, -0.15) is 0 Å². The summed E-state index contributed by atoms with van der Waals surface area (Å²) in [6, 6.07) is 6.33. The van der Waals surface area contributed by atoms with E-state index in [1.807, 2.05) is 13.0 Å². The predicted octanol–water partition coefficient (Wildman–Crippen LogP) is 2.96. The van der Waals surface area contributed by atoms with Crippen molar-refractivity contribution in [1.29, 1.82) is 5.41 Å². The van der Waals surface area contributed by atoms with Gasteiger partial charge in [-0.05, 0) is 73.8 Å². The zero-order chi connectivity index (χ0) is 22.0. The number of amidine groups is 1. The molecule has 4 bridgehead atoms. The largest absolute Gasteiger partial charge is 0.464 e. The van der Waals surface area contributed by atoms with Crippen LogP contribution in [0.15, 0.2) is 24.3 Å². The van der Waals surface area contributed by atoms with Gasteiger partial charge in [0.15, 0.2) is 0 Å². The Morgan fingerprint density at radius 2 is 1.84 bits per heavy atom. The Balaban J connectivity index is 1.41. The van der Waals surface area contributed by atoms with Gasteiger partial charge in [0.2, 0.25) is 0 Å². The highest BCUT2D eigenvalue weighted by Crippen LogP contribution is 2.53. The number of amides is 2. The van der Waals surface area contributed by atoms with Crippen molar-refractivity contribution in [2.24, 2.45) is 29.4 Å². The van der Waals surface area contributed by atoms with Gasteiger partial charge >= 0.3 is 12.0 Å². The molecule has 1 aromatic rings. The summed E-state index contributed by atoms with van der Waals surface area (Å²) in [4.78, 5) is 25.6. The van der Waals surface area contributed by atoms with Crippen LogP contribution in [0, 0.1) is 29.1 Å². The lowest BCUT2D eigenvalue weighted by atomic mass is 9.54. The molecule has 0 radical (unpaired) electrons. The summed E-state index contributed by atoms with van der Waals surface area (Å²) < 4.78 is 5.34. The van der Waals surface area contributed by atoms with Crippen molar-refractivity contribution in [2.75, 3.05) is 6.61 Å². The van der Waals surface area contributed by atoms with E-state index in [1.54, 1.807) is 18.2 Å². The number of hydrogen-bond donors (Lipinski definition) is 4. The third kappa shape index (κ3) is 5.02. The second kappa shape index (κ2) is 9.28. The summed E-state index contributed by atoms with van der Waals surface area (Å²) >= 11 is 0. The number of carbonyl (C=O) groups is 2. The highest BCUT2D eigenvalue weighted by atomic mass is 16.5. The Bertz CT molecular complexity index is 812. The average molecular weight is 427 g/mol. The minimum Gasteiger partial charge on any atom is -0.464 e. The number of hydrogen-bond acceptors (Lipinski definition) is 4. The second-order valence-corrected chi connectivity index (χ2v) is 9.61. The number of nitrogens with one attached hydrogen (secondary N) is 3. The fourth-order valence-corrected chi connectivity index (χ4v) is 6.11. The maximum absolute atomic E-state index is 12.9. The van der Waals surface area contributed by atoms with Crippen LogP contribution >= 0.6 is 0 Å². The van der Waals surface area contributed by atoms with Crippen molar-refractivity contribution >= 4 is 17.8 Å². The molecule has 5 N–H and O–H groups in total. The second-order valence-electron chi connectivity index (χ2n) is 9.61. The van der Waals surface area contributed by atoms with Crippen LogP contribution in [0.3, 0.4) is 0 Å². The molecule has 1 atom stereocenters. The van der Waals surface area contributed by atoms with Gasteiger partial charge in [-0.3, -0.25) is 5.41 Å². The lowest BCUT2D eigenvalue weighted by Gasteiger charge is -2.54. The minimum absolute atomic E-state index is 0.0282. The lowest BCUT2D eigenvalue weighted by Crippen LogP contribution is -2.59. The molecule has 1 aromatic carbocycles. The highest BCUT2D eigenvalue weighted by molar-refractivity contribution is 5.95. The molecular formula is C24H34N4O3. The molecule has 7 nitrogen and oxygen atoms in total. The van der Waals surface area contributed by atoms with E-state index in [0.717, 1.165) is 23.8 Å². The van der Waals surface area contributed by atoms with Crippen molar-refractivity contribution in [3.63, 3.8) is 0 Å². The van der Waals surface area contributed by atoms with E-state index in [4.69, 9.17) is 15.9 Å². The number of esters is 1. The highest BCUT2D eigenvalue weighted by Gasteiger charge is 2.48. The fourth-order valence-electron chi connectivity index (χ4n) is 6.11. The molecule has 4 aliphatic carbocycles. The van der Waals surface area contributed by atoms with E-state index in [0.29, 0.717) is 30.4 Å². The molecule has 0 aliphatic heterocycles. The Hall–Kier alpha value is -2.57. The van der Waals surface area contributed by atoms with Gasteiger partial charge in [0.1, 0.15) is 11.9 Å². The van der Waals surface area contributed by atoms with Crippen LogP contribution < -0.4 is 16.4 Å². The van der Waals surface area contributed by atoms with Crippen molar-refractivity contribution in [3.05, 3.63) is 35.4 Å². The Morgan fingerprint density at radius 1 is 1.16 bits per heavy atom. The number of carbonyl (C=O) groups excluding carboxylic acids is 2. The molecule has 0 saturated heterocycles. The van der Waals surface area contributed by atoms with Gasteiger partial charge in [-0.1, -0.05) is 25.1 Å². The standard InChI is InChI=1S/C24H34N4O3/c1-2-6-31-23(29)20(13-14-4-3-5-17(8-14)22(25)26)27-24(30)28-21-18-9-15-7-16(11-18)12-19(21)10-15/h3-5,8,15-16,18-21H,2,6-7,9-13H2,1H3,(H3,25,26)(H2,27,28,30). The van der Waals surface area contributed by atoms with Crippen LogP contribution in [-0.2, 0) is 16.0 Å². The van der Waals surface area contributed by atoms with Crippen LogP contribution in [0.2, 0.25) is 0 Å². The van der Waals surface area contributed by atoms with Crippen LogP contribution in [0.4, 0.5) is 4.79 Å². The normalized spacial score (nSPS) is 29.3. The Morgan fingerprint density at radius 3 is 2.45 bits per heavy atom. The quantitative estimate of drug-likeness (QED) is 0.290. The number of rotatable bonds is 8. The first-order valence-corrected chi connectivity index (χ1v) is 11.6. The smallest absolute Gasteiger partial charge is 0.329 e. The number of nitrogens with two attached hydrogens (primary N) is 1. The van der Waals surface area contributed by atoms with Crippen LogP contribution in [0.1, 0.15) is 56.6 Å². The number of ether oxygens (including phenoxy) is 1. The van der Waals surface area contributed by atoms with Crippen molar-refractivity contribution < 1.29 is 14.3 Å². The summed E-state index contributed by atoms with van der Waals surface area (Å²) in [6.07, 6.45) is 7.26. The molecule has 4 saturated carbocycles. The van der Waals surface area contributed by atoms with Gasteiger partial charge in [-0.15, -0.1) is 0 Å². The molecule has 168 valence electrons. The third-order valence-electron chi connectivity index (χ3n) is 7.24. The molecule has 0 aromatic heterocycles. The molecule has 4 fully saturated rings. The molecule has 31 heavy (non-hydrogen) atoms. The molecular weight excluding hydrogens is 392 g/mol. The van der Waals surface area contributed by atoms with Gasteiger partial charge in [0.05, 0.1) is 6.61 Å². The summed E-state index contributed by atoms with van der Waals surface area (Å²) in [6.45, 7) is 2.26. The van der Waals surface area contributed by atoms with Crippen molar-refractivity contribution in [3.8, 4) is 0 Å². The van der Waals surface area contributed by atoms with Gasteiger partial charge < -0.3 is 21.1 Å². The van der Waals surface area contributed by atoms with E-state index >= 15 is 0 Å². The van der Waals surface area contributed by atoms with Crippen LogP contribution in [-0.4, -0.2) is 36.5 Å². The Kier molecular flexibility index (Phi) is 6.49. The molecule has 1 unspecified atom stereocenters. The van der Waals surface area contributed by atoms with Gasteiger partial charge in [-0.25, -0.2) is 9.59 Å². The zero-order valence-corrected chi connectivity index (χ0v) is 18.2. The van der Waals surface area contributed by atoms with E-state index in [-0.39, 0.29) is 17.9 Å². The molecule has 2 amide bonds. The lowest BCUT2D eigenvalue weighted by molar-refractivity contribution is -0.145. The summed E-state index contributed by atoms with van der Waals surface area (Å²) in [5.74, 6) is 2.36. The summed E-state index contributed by atoms with van der Waals surface area (Å²) in [7, 11) is 0. The van der Waals surface area contributed by atoms with E-state index < -0.39 is 12.0 Å². The van der Waals surface area contributed by atoms with E-state index in [1.165, 1.54) is 32.1 Å². The third-order valence-corrected chi connectivity index (χ3v) is 7.24. The molecule has 5 rings (SSSR count). The molecule has 0 heterocycles. The molecule has 7 heteroatoms. The molecule has 4 aliphatic rings. The molecule has 0 spiro atoms. The predicted molar refractivity (Wildman–Crippen MR) is 119 cm³/mol. The van der Waals surface area contributed by atoms with Crippen molar-refractivity contribution in [2.45, 2.75) is 64.0 Å². The fraction of sp³-hybridized carbons (Fsp3) is 0.625.